The van der Waals surface area contributed by atoms with Gasteiger partial charge in [-0.3, -0.25) is 9.59 Å². The van der Waals surface area contributed by atoms with Crippen molar-refractivity contribution in [3.8, 4) is 0 Å². The topological polar surface area (TPSA) is 49.4 Å². The predicted molar refractivity (Wildman–Crippen MR) is 86.2 cm³/mol. The Morgan fingerprint density at radius 1 is 1.14 bits per heavy atom. The van der Waals surface area contributed by atoms with Gasteiger partial charge in [-0.05, 0) is 24.5 Å². The molecule has 0 aliphatic carbocycles. The molecule has 0 fully saturated rings. The number of rotatable bonds is 8. The molecule has 4 nitrogen and oxygen atoms in total. The van der Waals surface area contributed by atoms with Crippen molar-refractivity contribution in [1.82, 2.24) is 4.90 Å². The summed E-state index contributed by atoms with van der Waals surface area (Å²) in [4.78, 5) is 25.3. The van der Waals surface area contributed by atoms with Gasteiger partial charge in [0, 0.05) is 32.1 Å². The molecule has 0 aromatic heterocycles. The summed E-state index contributed by atoms with van der Waals surface area (Å²) in [5.41, 5.74) is 1.99. The Morgan fingerprint density at radius 3 is 2.48 bits per heavy atom. The molecule has 0 spiro atoms. The molecule has 1 aromatic rings. The summed E-state index contributed by atoms with van der Waals surface area (Å²) in [6.45, 7) is 6.92. The highest BCUT2D eigenvalue weighted by Crippen LogP contribution is 2.15. The molecule has 2 amide bonds. The van der Waals surface area contributed by atoms with Gasteiger partial charge in [0.05, 0.1) is 0 Å². The minimum atomic E-state index is -0.0429. The molecule has 0 aliphatic rings. The molecule has 21 heavy (non-hydrogen) atoms. The Bertz CT molecular complexity index is 472. The lowest BCUT2D eigenvalue weighted by atomic mass is 10.1. The number of hydrogen-bond acceptors (Lipinski definition) is 2. The number of unbranched alkanes of at least 4 members (excludes halogenated alkanes) is 1. The molecule has 0 saturated carbocycles. The van der Waals surface area contributed by atoms with Crippen LogP contribution in [0.25, 0.3) is 0 Å². The van der Waals surface area contributed by atoms with Crippen molar-refractivity contribution in [1.29, 1.82) is 0 Å². The molecule has 0 radical (unpaired) electrons. The van der Waals surface area contributed by atoms with E-state index in [2.05, 4.69) is 19.2 Å². The normalized spacial score (nSPS) is 10.2. The average molecular weight is 290 g/mol. The van der Waals surface area contributed by atoms with Gasteiger partial charge in [0.15, 0.2) is 0 Å². The van der Waals surface area contributed by atoms with Crippen LogP contribution in [0.5, 0.6) is 0 Å². The van der Waals surface area contributed by atoms with E-state index in [1.165, 1.54) is 0 Å². The predicted octanol–water partition coefficient (Wildman–Crippen LogP) is 3.23. The lowest BCUT2D eigenvalue weighted by Gasteiger charge is -2.20. The first-order chi connectivity index (χ1) is 10.1. The third-order valence-corrected chi connectivity index (χ3v) is 3.51. The van der Waals surface area contributed by atoms with Crippen molar-refractivity contribution in [3.63, 3.8) is 0 Å². The van der Waals surface area contributed by atoms with Gasteiger partial charge in [0.25, 0.3) is 0 Å². The number of amides is 2. The number of carbonyl (C=O) groups excluding carboxylic acids is 2. The second-order valence-corrected chi connectivity index (χ2v) is 5.17. The van der Waals surface area contributed by atoms with Gasteiger partial charge in [-0.1, -0.05) is 38.5 Å². The minimum absolute atomic E-state index is 0.0326. The zero-order valence-corrected chi connectivity index (χ0v) is 13.3. The summed E-state index contributed by atoms with van der Waals surface area (Å²) in [6.07, 6.45) is 3.23. The molecule has 4 heteroatoms. The van der Waals surface area contributed by atoms with Crippen LogP contribution >= 0.6 is 0 Å². The van der Waals surface area contributed by atoms with Crippen LogP contribution in [0.4, 0.5) is 5.69 Å². The number of nitrogens with zero attached hydrogens (tertiary/aromatic N) is 1. The lowest BCUT2D eigenvalue weighted by molar-refractivity contribution is -0.129. The average Bonchev–Trinajstić information content (AvgIpc) is 2.47. The van der Waals surface area contributed by atoms with Gasteiger partial charge >= 0.3 is 0 Å². The molecule has 0 atom stereocenters. The second-order valence-electron chi connectivity index (χ2n) is 5.17. The quantitative estimate of drug-likeness (QED) is 0.799. The Kier molecular flexibility index (Phi) is 7.51. The first-order valence-electron chi connectivity index (χ1n) is 7.71. The SMILES string of the molecule is CCCCN(CCC(=O)Nc1ccccc1CC)C(C)=O. The second kappa shape index (κ2) is 9.16. The van der Waals surface area contributed by atoms with Crippen LogP contribution in [0, 0.1) is 0 Å². The highest BCUT2D eigenvalue weighted by atomic mass is 16.2. The van der Waals surface area contributed by atoms with Crippen molar-refractivity contribution in [2.45, 2.75) is 46.5 Å². The summed E-state index contributed by atoms with van der Waals surface area (Å²) in [6, 6.07) is 7.81. The minimum Gasteiger partial charge on any atom is -0.342 e. The maximum atomic E-state index is 12.0. The van der Waals surface area contributed by atoms with Crippen molar-refractivity contribution in [3.05, 3.63) is 29.8 Å². The van der Waals surface area contributed by atoms with E-state index in [-0.39, 0.29) is 11.8 Å². The zero-order chi connectivity index (χ0) is 15.7. The van der Waals surface area contributed by atoms with E-state index in [0.717, 1.165) is 37.1 Å². The summed E-state index contributed by atoms with van der Waals surface area (Å²) in [5, 5.41) is 2.93. The fraction of sp³-hybridized carbons (Fsp3) is 0.529. The number of nitrogens with one attached hydrogen (secondary N) is 1. The standard InChI is InChI=1S/C17H26N2O2/c1-4-6-12-19(14(3)20)13-11-17(21)18-16-10-8-7-9-15(16)5-2/h7-10H,4-6,11-13H2,1-3H3,(H,18,21). The molecule has 0 saturated heterocycles. The first-order valence-corrected chi connectivity index (χ1v) is 7.71. The van der Waals surface area contributed by atoms with Crippen LogP contribution in [0.15, 0.2) is 24.3 Å². The fourth-order valence-corrected chi connectivity index (χ4v) is 2.18. The van der Waals surface area contributed by atoms with Gasteiger partial charge < -0.3 is 10.2 Å². The Morgan fingerprint density at radius 2 is 1.86 bits per heavy atom. The van der Waals surface area contributed by atoms with Gasteiger partial charge in [-0.2, -0.15) is 0 Å². The third kappa shape index (κ3) is 5.98. The molecule has 0 bridgehead atoms. The van der Waals surface area contributed by atoms with E-state index < -0.39 is 0 Å². The molecule has 0 aliphatic heterocycles. The lowest BCUT2D eigenvalue weighted by Crippen LogP contribution is -2.32. The van der Waals surface area contributed by atoms with Gasteiger partial charge in [0.2, 0.25) is 11.8 Å². The van der Waals surface area contributed by atoms with Crippen LogP contribution in [0.3, 0.4) is 0 Å². The fourth-order valence-electron chi connectivity index (χ4n) is 2.18. The molecular formula is C17H26N2O2. The summed E-state index contributed by atoms with van der Waals surface area (Å²) < 4.78 is 0. The summed E-state index contributed by atoms with van der Waals surface area (Å²) in [7, 11) is 0. The molecule has 0 unspecified atom stereocenters. The molecular weight excluding hydrogens is 264 g/mol. The van der Waals surface area contributed by atoms with Crippen LogP contribution in [0.1, 0.15) is 45.6 Å². The van der Waals surface area contributed by atoms with E-state index in [1.54, 1.807) is 11.8 Å². The van der Waals surface area contributed by atoms with E-state index in [4.69, 9.17) is 0 Å². The molecule has 1 aromatic carbocycles. The third-order valence-electron chi connectivity index (χ3n) is 3.51. The number of anilines is 1. The van der Waals surface area contributed by atoms with Gasteiger partial charge in [-0.15, -0.1) is 0 Å². The van der Waals surface area contributed by atoms with E-state index in [0.29, 0.717) is 13.0 Å². The summed E-state index contributed by atoms with van der Waals surface area (Å²) in [5.74, 6) is -0.0103. The van der Waals surface area contributed by atoms with Crippen LogP contribution in [0.2, 0.25) is 0 Å². The Labute approximate surface area is 127 Å². The molecule has 116 valence electrons. The van der Waals surface area contributed by atoms with E-state index in [1.807, 2.05) is 24.3 Å². The van der Waals surface area contributed by atoms with Crippen molar-refractivity contribution < 1.29 is 9.59 Å². The molecule has 1 N–H and O–H groups in total. The maximum Gasteiger partial charge on any atom is 0.226 e. The maximum absolute atomic E-state index is 12.0. The molecule has 1 rings (SSSR count). The van der Waals surface area contributed by atoms with Crippen LogP contribution in [-0.2, 0) is 16.0 Å². The first kappa shape index (κ1) is 17.2. The van der Waals surface area contributed by atoms with Crippen molar-refractivity contribution in [2.24, 2.45) is 0 Å². The Balaban J connectivity index is 2.51. The smallest absolute Gasteiger partial charge is 0.226 e. The monoisotopic (exact) mass is 290 g/mol. The van der Waals surface area contributed by atoms with E-state index >= 15 is 0 Å². The van der Waals surface area contributed by atoms with E-state index in [9.17, 15) is 9.59 Å². The number of hydrogen-bond donors (Lipinski definition) is 1. The van der Waals surface area contributed by atoms with Crippen molar-refractivity contribution in [2.75, 3.05) is 18.4 Å². The van der Waals surface area contributed by atoms with Crippen LogP contribution < -0.4 is 5.32 Å². The highest BCUT2D eigenvalue weighted by molar-refractivity contribution is 5.91. The van der Waals surface area contributed by atoms with Gasteiger partial charge in [0.1, 0.15) is 0 Å². The zero-order valence-electron chi connectivity index (χ0n) is 13.3. The largest absolute Gasteiger partial charge is 0.342 e. The summed E-state index contributed by atoms with van der Waals surface area (Å²) >= 11 is 0. The number of benzene rings is 1. The number of aryl methyl sites for hydroxylation is 1. The molecule has 0 heterocycles. The Hall–Kier alpha value is -1.84. The van der Waals surface area contributed by atoms with Crippen LogP contribution in [-0.4, -0.2) is 29.8 Å². The number of para-hydroxylation sites is 1. The van der Waals surface area contributed by atoms with Crippen molar-refractivity contribution >= 4 is 17.5 Å². The highest BCUT2D eigenvalue weighted by Gasteiger charge is 2.11. The van der Waals surface area contributed by atoms with Gasteiger partial charge in [-0.25, -0.2) is 0 Å². The number of carbonyl (C=O) groups is 2.